The Labute approximate surface area is 327 Å². The lowest BCUT2D eigenvalue weighted by atomic mass is 9.89. The molecule has 0 saturated heterocycles. The predicted octanol–water partition coefficient (Wildman–Crippen LogP) is 13.4. The average molecular weight is 727 g/mol. The average Bonchev–Trinajstić information content (AvgIpc) is 3.69. The summed E-state index contributed by atoms with van der Waals surface area (Å²) in [5, 5.41) is 18.4. The molecule has 0 N–H and O–H groups in total. The summed E-state index contributed by atoms with van der Waals surface area (Å²) in [6.07, 6.45) is 0. The number of furan rings is 1. The molecule has 0 bridgehead atoms. The number of hydrogen-bond donors (Lipinski definition) is 0. The lowest BCUT2D eigenvalue weighted by Gasteiger charge is -2.14. The number of hydrogen-bond acceptors (Lipinski definition) is 5. The molecule has 2 aromatic heterocycles. The first-order valence-corrected chi connectivity index (χ1v) is 18.9. The van der Waals surface area contributed by atoms with Crippen LogP contribution in [0.2, 0.25) is 0 Å². The maximum atomic E-state index is 9.59. The van der Waals surface area contributed by atoms with Crippen LogP contribution < -0.4 is 0 Å². The summed E-state index contributed by atoms with van der Waals surface area (Å²) in [4.78, 5) is 15.0. The third-order valence-electron chi connectivity index (χ3n) is 10.9. The molecule has 2 heterocycles. The van der Waals surface area contributed by atoms with Crippen LogP contribution in [0.3, 0.4) is 0 Å². The van der Waals surface area contributed by atoms with Crippen LogP contribution in [0.25, 0.3) is 111 Å². The van der Waals surface area contributed by atoms with E-state index in [0.29, 0.717) is 23.0 Å². The van der Waals surface area contributed by atoms with Gasteiger partial charge in [0.25, 0.3) is 0 Å². The van der Waals surface area contributed by atoms with Gasteiger partial charge in [-0.2, -0.15) is 5.26 Å². The second kappa shape index (κ2) is 13.1. The molecule has 11 aromatic rings. The summed E-state index contributed by atoms with van der Waals surface area (Å²) in [5.41, 5.74) is 9.43. The first-order valence-electron chi connectivity index (χ1n) is 18.9. The summed E-state index contributed by atoms with van der Waals surface area (Å²) >= 11 is 0. The standard InChI is InChI=1S/C52H30N4O/c53-31-32-12-11-17-35(28-32)38-26-27-39(41-19-8-7-18-40(38)41)36-22-24-42-43-25-23-37(30-46(43)49-48(45(42)29-36)44-20-9-10-21-47(44)57-49)52-55-50(33-13-3-1-4-14-33)54-51(56-52)34-15-5-2-6-16-34/h1-30H. The molecule has 0 radical (unpaired) electrons. The summed E-state index contributed by atoms with van der Waals surface area (Å²) < 4.78 is 6.77. The fraction of sp³-hybridized carbons (Fsp3) is 0. The zero-order chi connectivity index (χ0) is 37.9. The van der Waals surface area contributed by atoms with E-state index in [2.05, 4.69) is 97.1 Å². The Morgan fingerprint density at radius 3 is 1.53 bits per heavy atom. The van der Waals surface area contributed by atoms with Crippen molar-refractivity contribution in [1.29, 1.82) is 5.26 Å². The van der Waals surface area contributed by atoms with E-state index in [1.54, 1.807) is 0 Å². The Balaban J connectivity index is 1.13. The monoisotopic (exact) mass is 726 g/mol. The molecule has 0 aliphatic heterocycles. The van der Waals surface area contributed by atoms with Crippen molar-refractivity contribution in [3.05, 3.63) is 188 Å². The molecule has 0 unspecified atom stereocenters. The minimum Gasteiger partial charge on any atom is -0.455 e. The number of nitrogens with zero attached hydrogens (tertiary/aromatic N) is 4. The third kappa shape index (κ3) is 5.43. The van der Waals surface area contributed by atoms with E-state index < -0.39 is 0 Å². The molecule has 0 aliphatic carbocycles. The molecule has 264 valence electrons. The second-order valence-electron chi connectivity index (χ2n) is 14.3. The molecule has 9 aromatic carbocycles. The molecular weight excluding hydrogens is 697 g/mol. The number of nitriles is 1. The quantitative estimate of drug-likeness (QED) is 0.165. The van der Waals surface area contributed by atoms with Crippen molar-refractivity contribution in [1.82, 2.24) is 15.0 Å². The van der Waals surface area contributed by atoms with Gasteiger partial charge in [-0.05, 0) is 79.5 Å². The highest BCUT2D eigenvalue weighted by Gasteiger charge is 2.20. The Morgan fingerprint density at radius 1 is 0.368 bits per heavy atom. The second-order valence-corrected chi connectivity index (χ2v) is 14.3. The number of fused-ring (bicyclic) bond motifs is 9. The zero-order valence-electron chi connectivity index (χ0n) is 30.5. The largest absolute Gasteiger partial charge is 0.455 e. The van der Waals surface area contributed by atoms with Gasteiger partial charge in [-0.1, -0.05) is 152 Å². The van der Waals surface area contributed by atoms with Crippen molar-refractivity contribution >= 4 is 54.3 Å². The molecule has 0 fully saturated rings. The Morgan fingerprint density at radius 2 is 0.877 bits per heavy atom. The fourth-order valence-corrected chi connectivity index (χ4v) is 8.26. The van der Waals surface area contributed by atoms with E-state index in [1.165, 1.54) is 0 Å². The van der Waals surface area contributed by atoms with E-state index in [0.717, 1.165) is 93.2 Å². The maximum Gasteiger partial charge on any atom is 0.164 e. The van der Waals surface area contributed by atoms with Gasteiger partial charge in [-0.15, -0.1) is 0 Å². The fourth-order valence-electron chi connectivity index (χ4n) is 8.26. The molecule has 5 nitrogen and oxygen atoms in total. The van der Waals surface area contributed by atoms with Crippen molar-refractivity contribution < 1.29 is 4.42 Å². The summed E-state index contributed by atoms with van der Waals surface area (Å²) in [6.45, 7) is 0. The van der Waals surface area contributed by atoms with Crippen LogP contribution in [-0.2, 0) is 0 Å². The van der Waals surface area contributed by atoms with Gasteiger partial charge in [0.05, 0.1) is 11.6 Å². The molecule has 0 atom stereocenters. The molecule has 0 aliphatic rings. The van der Waals surface area contributed by atoms with Crippen molar-refractivity contribution in [3.63, 3.8) is 0 Å². The molecule has 0 spiro atoms. The number of para-hydroxylation sites is 1. The number of rotatable bonds is 5. The van der Waals surface area contributed by atoms with Crippen molar-refractivity contribution in [3.8, 4) is 62.5 Å². The Kier molecular flexibility index (Phi) is 7.48. The van der Waals surface area contributed by atoms with Crippen LogP contribution in [-0.4, -0.2) is 15.0 Å². The summed E-state index contributed by atoms with van der Waals surface area (Å²) in [6, 6.07) is 64.6. The lowest BCUT2D eigenvalue weighted by Crippen LogP contribution is -2.00. The van der Waals surface area contributed by atoms with Crippen molar-refractivity contribution in [2.45, 2.75) is 0 Å². The number of aromatic nitrogens is 3. The maximum absolute atomic E-state index is 9.59. The van der Waals surface area contributed by atoms with E-state index in [4.69, 9.17) is 19.4 Å². The summed E-state index contributed by atoms with van der Waals surface area (Å²) in [5.74, 6) is 1.84. The van der Waals surface area contributed by atoms with E-state index >= 15 is 0 Å². The normalized spacial score (nSPS) is 11.5. The third-order valence-corrected chi connectivity index (χ3v) is 10.9. The van der Waals surface area contributed by atoms with Gasteiger partial charge in [-0.3, -0.25) is 0 Å². The van der Waals surface area contributed by atoms with Gasteiger partial charge in [0.2, 0.25) is 0 Å². The topological polar surface area (TPSA) is 75.6 Å². The van der Waals surface area contributed by atoms with E-state index in [1.807, 2.05) is 91.0 Å². The van der Waals surface area contributed by atoms with Gasteiger partial charge in [0.15, 0.2) is 17.5 Å². The van der Waals surface area contributed by atoms with E-state index in [-0.39, 0.29) is 0 Å². The molecule has 0 saturated carbocycles. The van der Waals surface area contributed by atoms with Crippen LogP contribution in [0.5, 0.6) is 0 Å². The van der Waals surface area contributed by atoms with Gasteiger partial charge in [-0.25, -0.2) is 15.0 Å². The molecular formula is C52H30N4O. The molecule has 5 heteroatoms. The highest BCUT2D eigenvalue weighted by molar-refractivity contribution is 6.31. The number of benzene rings is 9. The smallest absolute Gasteiger partial charge is 0.164 e. The summed E-state index contributed by atoms with van der Waals surface area (Å²) in [7, 11) is 0. The van der Waals surface area contributed by atoms with Crippen LogP contribution in [0, 0.1) is 11.3 Å². The van der Waals surface area contributed by atoms with Gasteiger partial charge in [0, 0.05) is 32.8 Å². The zero-order valence-corrected chi connectivity index (χ0v) is 30.5. The van der Waals surface area contributed by atoms with Gasteiger partial charge >= 0.3 is 0 Å². The predicted molar refractivity (Wildman–Crippen MR) is 232 cm³/mol. The van der Waals surface area contributed by atoms with Crippen LogP contribution in [0.4, 0.5) is 0 Å². The van der Waals surface area contributed by atoms with Gasteiger partial charge in [0.1, 0.15) is 11.2 Å². The highest BCUT2D eigenvalue weighted by atomic mass is 16.3. The van der Waals surface area contributed by atoms with Crippen LogP contribution >= 0.6 is 0 Å². The van der Waals surface area contributed by atoms with Crippen molar-refractivity contribution in [2.75, 3.05) is 0 Å². The Hall–Kier alpha value is -7.94. The first kappa shape index (κ1) is 32.5. The molecule has 11 rings (SSSR count). The first-order chi connectivity index (χ1) is 28.2. The lowest BCUT2D eigenvalue weighted by molar-refractivity contribution is 0.673. The van der Waals surface area contributed by atoms with Gasteiger partial charge < -0.3 is 4.42 Å². The van der Waals surface area contributed by atoms with Crippen molar-refractivity contribution in [2.24, 2.45) is 0 Å². The SMILES string of the molecule is N#Cc1cccc(-c2ccc(-c3ccc4c5ccc(-c6nc(-c7ccccc7)nc(-c7ccccc7)n6)cc5c5oc6ccccc6c5c4c3)c3ccccc23)c1. The van der Waals surface area contributed by atoms with Crippen LogP contribution in [0.1, 0.15) is 5.56 Å². The molecule has 57 heavy (non-hydrogen) atoms. The minimum atomic E-state index is 0.596. The Bertz CT molecular complexity index is 3360. The highest BCUT2D eigenvalue weighted by Crippen LogP contribution is 2.44. The van der Waals surface area contributed by atoms with E-state index in [9.17, 15) is 5.26 Å². The minimum absolute atomic E-state index is 0.596. The molecule has 0 amide bonds. The van der Waals surface area contributed by atoms with Crippen LogP contribution in [0.15, 0.2) is 186 Å².